The van der Waals surface area contributed by atoms with Gasteiger partial charge in [0.05, 0.1) is 0 Å². The predicted octanol–water partition coefficient (Wildman–Crippen LogP) is 3.11. The van der Waals surface area contributed by atoms with Gasteiger partial charge in [0.15, 0.2) is 0 Å². The molecule has 1 aromatic heterocycles. The van der Waals surface area contributed by atoms with E-state index in [0.29, 0.717) is 5.69 Å². The standard InChI is InChI=1S/C16H17N3/c1-12-3-5-15(6-4-12)13(2)19-11-14-7-8-18-16(9-14)10-17/h3-9,13,19H,11H2,1-2H3/t13-/m1/s1. The van der Waals surface area contributed by atoms with E-state index in [2.05, 4.69) is 54.5 Å². The topological polar surface area (TPSA) is 48.7 Å². The number of rotatable bonds is 4. The fraction of sp³-hybridized carbons (Fsp3) is 0.250. The molecular weight excluding hydrogens is 234 g/mol. The van der Waals surface area contributed by atoms with Crippen LogP contribution >= 0.6 is 0 Å². The van der Waals surface area contributed by atoms with E-state index in [4.69, 9.17) is 5.26 Å². The van der Waals surface area contributed by atoms with Crippen molar-refractivity contribution in [3.8, 4) is 6.07 Å². The quantitative estimate of drug-likeness (QED) is 0.908. The Hall–Kier alpha value is -2.18. The van der Waals surface area contributed by atoms with Gasteiger partial charge in [0, 0.05) is 18.8 Å². The molecule has 1 atom stereocenters. The molecule has 19 heavy (non-hydrogen) atoms. The summed E-state index contributed by atoms with van der Waals surface area (Å²) < 4.78 is 0. The average molecular weight is 251 g/mol. The monoisotopic (exact) mass is 251 g/mol. The highest BCUT2D eigenvalue weighted by Gasteiger charge is 2.04. The number of aryl methyl sites for hydroxylation is 1. The second-order valence-corrected chi connectivity index (χ2v) is 4.67. The number of pyridine rings is 1. The van der Waals surface area contributed by atoms with E-state index in [1.165, 1.54) is 11.1 Å². The summed E-state index contributed by atoms with van der Waals surface area (Å²) in [7, 11) is 0. The number of nitrogens with one attached hydrogen (secondary N) is 1. The molecule has 0 spiro atoms. The third kappa shape index (κ3) is 3.64. The Balaban J connectivity index is 1.98. The van der Waals surface area contributed by atoms with E-state index in [9.17, 15) is 0 Å². The average Bonchev–Trinajstić information content (AvgIpc) is 2.46. The Bertz CT molecular complexity index is 582. The Morgan fingerprint density at radius 3 is 2.68 bits per heavy atom. The van der Waals surface area contributed by atoms with Crippen LogP contribution in [0.4, 0.5) is 0 Å². The third-order valence-electron chi connectivity index (χ3n) is 3.13. The number of aromatic nitrogens is 1. The van der Waals surface area contributed by atoms with Gasteiger partial charge < -0.3 is 5.32 Å². The molecule has 2 rings (SSSR count). The zero-order chi connectivity index (χ0) is 13.7. The van der Waals surface area contributed by atoms with Crippen molar-refractivity contribution in [3.05, 3.63) is 65.0 Å². The summed E-state index contributed by atoms with van der Waals surface area (Å²) in [5.74, 6) is 0. The molecule has 1 aromatic carbocycles. The van der Waals surface area contributed by atoms with Crippen LogP contribution in [0.1, 0.15) is 35.3 Å². The lowest BCUT2D eigenvalue weighted by Gasteiger charge is -2.14. The lowest BCUT2D eigenvalue weighted by atomic mass is 10.1. The van der Waals surface area contributed by atoms with Crippen molar-refractivity contribution >= 4 is 0 Å². The van der Waals surface area contributed by atoms with Gasteiger partial charge in [-0.25, -0.2) is 4.98 Å². The van der Waals surface area contributed by atoms with Gasteiger partial charge in [0.25, 0.3) is 0 Å². The highest BCUT2D eigenvalue weighted by atomic mass is 14.9. The van der Waals surface area contributed by atoms with E-state index in [-0.39, 0.29) is 6.04 Å². The molecular formula is C16H17N3. The lowest BCUT2D eigenvalue weighted by molar-refractivity contribution is 0.574. The molecule has 2 aromatic rings. The first-order valence-electron chi connectivity index (χ1n) is 6.34. The molecule has 0 aliphatic rings. The molecule has 0 bridgehead atoms. The van der Waals surface area contributed by atoms with Gasteiger partial charge in [-0.05, 0) is 37.1 Å². The summed E-state index contributed by atoms with van der Waals surface area (Å²) in [5, 5.41) is 12.3. The highest BCUT2D eigenvalue weighted by Crippen LogP contribution is 2.14. The van der Waals surface area contributed by atoms with Crippen molar-refractivity contribution in [1.82, 2.24) is 10.3 Å². The Kier molecular flexibility index (Phi) is 4.27. The molecule has 0 radical (unpaired) electrons. The van der Waals surface area contributed by atoms with Crippen molar-refractivity contribution < 1.29 is 0 Å². The van der Waals surface area contributed by atoms with Crippen LogP contribution in [-0.4, -0.2) is 4.98 Å². The molecule has 96 valence electrons. The van der Waals surface area contributed by atoms with Gasteiger partial charge in [-0.3, -0.25) is 0 Å². The zero-order valence-electron chi connectivity index (χ0n) is 11.2. The highest BCUT2D eigenvalue weighted by molar-refractivity contribution is 5.26. The molecule has 0 aliphatic heterocycles. The van der Waals surface area contributed by atoms with Crippen molar-refractivity contribution in [2.24, 2.45) is 0 Å². The zero-order valence-corrected chi connectivity index (χ0v) is 11.2. The Morgan fingerprint density at radius 2 is 2.00 bits per heavy atom. The van der Waals surface area contributed by atoms with Crippen LogP contribution in [0.15, 0.2) is 42.6 Å². The predicted molar refractivity (Wildman–Crippen MR) is 75.4 cm³/mol. The second-order valence-electron chi connectivity index (χ2n) is 4.67. The molecule has 3 heteroatoms. The summed E-state index contributed by atoms with van der Waals surface area (Å²) in [6, 6.07) is 14.6. The molecule has 0 saturated heterocycles. The molecule has 3 nitrogen and oxygen atoms in total. The van der Waals surface area contributed by atoms with Gasteiger partial charge in [-0.1, -0.05) is 29.8 Å². The van der Waals surface area contributed by atoms with E-state index < -0.39 is 0 Å². The van der Waals surface area contributed by atoms with Crippen molar-refractivity contribution in [3.63, 3.8) is 0 Å². The number of nitrogens with zero attached hydrogens (tertiary/aromatic N) is 2. The van der Waals surface area contributed by atoms with Gasteiger partial charge in [0.2, 0.25) is 0 Å². The summed E-state index contributed by atoms with van der Waals surface area (Å²) in [4.78, 5) is 3.96. The fourth-order valence-corrected chi connectivity index (χ4v) is 1.89. The van der Waals surface area contributed by atoms with Crippen molar-refractivity contribution in [2.45, 2.75) is 26.4 Å². The maximum atomic E-state index is 8.81. The second kappa shape index (κ2) is 6.12. The number of nitriles is 1. The number of hydrogen-bond acceptors (Lipinski definition) is 3. The first-order chi connectivity index (χ1) is 9.19. The molecule has 0 saturated carbocycles. The largest absolute Gasteiger partial charge is 0.306 e. The Labute approximate surface area is 113 Å². The minimum Gasteiger partial charge on any atom is -0.306 e. The normalized spacial score (nSPS) is 11.8. The van der Waals surface area contributed by atoms with Crippen LogP contribution < -0.4 is 5.32 Å². The summed E-state index contributed by atoms with van der Waals surface area (Å²) in [6.45, 7) is 4.95. The van der Waals surface area contributed by atoms with Crippen LogP contribution in [-0.2, 0) is 6.54 Å². The van der Waals surface area contributed by atoms with Crippen LogP contribution in [0.5, 0.6) is 0 Å². The van der Waals surface area contributed by atoms with Gasteiger partial charge in [0.1, 0.15) is 11.8 Å². The lowest BCUT2D eigenvalue weighted by Crippen LogP contribution is -2.18. The summed E-state index contributed by atoms with van der Waals surface area (Å²) in [5.41, 5.74) is 4.07. The van der Waals surface area contributed by atoms with Crippen LogP contribution in [0.25, 0.3) is 0 Å². The van der Waals surface area contributed by atoms with E-state index in [0.717, 1.165) is 12.1 Å². The van der Waals surface area contributed by atoms with Crippen LogP contribution in [0.3, 0.4) is 0 Å². The Morgan fingerprint density at radius 1 is 1.26 bits per heavy atom. The van der Waals surface area contributed by atoms with Crippen molar-refractivity contribution in [1.29, 1.82) is 5.26 Å². The van der Waals surface area contributed by atoms with E-state index in [1.807, 2.05) is 12.1 Å². The van der Waals surface area contributed by atoms with Crippen LogP contribution in [0.2, 0.25) is 0 Å². The minimum atomic E-state index is 0.277. The SMILES string of the molecule is Cc1ccc([C@@H](C)NCc2ccnc(C#N)c2)cc1. The van der Waals surface area contributed by atoms with Gasteiger partial charge in [-0.15, -0.1) is 0 Å². The van der Waals surface area contributed by atoms with Crippen molar-refractivity contribution in [2.75, 3.05) is 0 Å². The molecule has 1 N–H and O–H groups in total. The first kappa shape index (κ1) is 13.3. The van der Waals surface area contributed by atoms with Gasteiger partial charge in [-0.2, -0.15) is 5.26 Å². The molecule has 0 fully saturated rings. The van der Waals surface area contributed by atoms with Crippen LogP contribution in [0, 0.1) is 18.3 Å². The number of hydrogen-bond donors (Lipinski definition) is 1. The minimum absolute atomic E-state index is 0.277. The maximum absolute atomic E-state index is 8.81. The van der Waals surface area contributed by atoms with Gasteiger partial charge >= 0.3 is 0 Å². The van der Waals surface area contributed by atoms with E-state index >= 15 is 0 Å². The molecule has 0 aliphatic carbocycles. The first-order valence-corrected chi connectivity index (χ1v) is 6.34. The van der Waals surface area contributed by atoms with E-state index in [1.54, 1.807) is 6.20 Å². The third-order valence-corrected chi connectivity index (χ3v) is 3.13. The summed E-state index contributed by atoms with van der Waals surface area (Å²) >= 11 is 0. The fourth-order valence-electron chi connectivity index (χ4n) is 1.89. The maximum Gasteiger partial charge on any atom is 0.140 e. The molecule has 0 unspecified atom stereocenters. The smallest absolute Gasteiger partial charge is 0.140 e. The molecule has 0 amide bonds. The number of benzene rings is 1. The summed E-state index contributed by atoms with van der Waals surface area (Å²) in [6.07, 6.45) is 1.67. The molecule has 1 heterocycles.